The van der Waals surface area contributed by atoms with Gasteiger partial charge < -0.3 is 4.74 Å². The summed E-state index contributed by atoms with van der Waals surface area (Å²) >= 11 is 11.6. The molecule has 0 fully saturated rings. The van der Waals surface area contributed by atoms with Gasteiger partial charge in [-0.15, -0.1) is 13.2 Å². The lowest BCUT2D eigenvalue weighted by atomic mass is 10.1. The molecule has 2 rings (SSSR count). The number of halogens is 5. The minimum absolute atomic E-state index is 0.0178. The highest BCUT2D eigenvalue weighted by atomic mass is 35.5. The van der Waals surface area contributed by atoms with Crippen LogP contribution in [0, 0.1) is 0 Å². The Hall–Kier alpha value is -1.40. The van der Waals surface area contributed by atoms with E-state index in [9.17, 15) is 13.2 Å². The van der Waals surface area contributed by atoms with Gasteiger partial charge in [-0.05, 0) is 18.2 Å². The lowest BCUT2D eigenvalue weighted by molar-refractivity contribution is -0.274. The fraction of sp³-hybridized carbons (Fsp3) is 0.182. The lowest BCUT2D eigenvalue weighted by Crippen LogP contribution is -2.17. The van der Waals surface area contributed by atoms with Crippen LogP contribution in [0.15, 0.2) is 24.4 Å². The Labute approximate surface area is 116 Å². The van der Waals surface area contributed by atoms with Crippen molar-refractivity contribution in [3.05, 3.63) is 34.4 Å². The van der Waals surface area contributed by atoms with Gasteiger partial charge in [-0.1, -0.05) is 23.2 Å². The summed E-state index contributed by atoms with van der Waals surface area (Å²) in [6.07, 6.45) is -3.67. The first-order chi connectivity index (χ1) is 8.74. The molecule has 0 aliphatic heterocycles. The predicted octanol–water partition coefficient (Wildman–Crippen LogP) is 4.29. The maximum absolute atomic E-state index is 12.3. The summed E-state index contributed by atoms with van der Waals surface area (Å²) in [5.41, 5.74) is 0.363. The molecule has 0 N–H and O–H groups in total. The van der Waals surface area contributed by atoms with E-state index in [2.05, 4.69) is 9.84 Å². The van der Waals surface area contributed by atoms with Crippen molar-refractivity contribution in [2.24, 2.45) is 7.05 Å². The van der Waals surface area contributed by atoms with Gasteiger partial charge >= 0.3 is 6.36 Å². The minimum atomic E-state index is -4.79. The zero-order valence-corrected chi connectivity index (χ0v) is 11.0. The molecule has 1 aromatic heterocycles. The average Bonchev–Trinajstić information content (AvgIpc) is 2.55. The zero-order chi connectivity index (χ0) is 14.2. The van der Waals surface area contributed by atoms with E-state index in [1.165, 1.54) is 29.9 Å². The first-order valence-electron chi connectivity index (χ1n) is 5.00. The average molecular weight is 311 g/mol. The third kappa shape index (κ3) is 3.54. The van der Waals surface area contributed by atoms with Gasteiger partial charge in [0.25, 0.3) is 0 Å². The largest absolute Gasteiger partial charge is 0.573 e. The van der Waals surface area contributed by atoms with Crippen molar-refractivity contribution in [2.45, 2.75) is 6.36 Å². The van der Waals surface area contributed by atoms with E-state index in [4.69, 9.17) is 23.2 Å². The Morgan fingerprint density at radius 3 is 2.26 bits per heavy atom. The second kappa shape index (κ2) is 4.94. The fourth-order valence-corrected chi connectivity index (χ4v) is 2.08. The number of aryl methyl sites for hydroxylation is 1. The van der Waals surface area contributed by atoms with Crippen molar-refractivity contribution in [1.29, 1.82) is 0 Å². The van der Waals surface area contributed by atoms with E-state index in [-0.39, 0.29) is 5.69 Å². The Morgan fingerprint density at radius 1 is 1.16 bits per heavy atom. The lowest BCUT2D eigenvalue weighted by Gasteiger charge is -2.08. The van der Waals surface area contributed by atoms with Crippen molar-refractivity contribution in [3.63, 3.8) is 0 Å². The van der Waals surface area contributed by atoms with Crippen LogP contribution >= 0.6 is 23.2 Å². The molecule has 0 aliphatic rings. The molecule has 0 bridgehead atoms. The van der Waals surface area contributed by atoms with Gasteiger partial charge in [0.2, 0.25) is 0 Å². The zero-order valence-electron chi connectivity index (χ0n) is 9.50. The highest BCUT2D eigenvalue weighted by molar-refractivity contribution is 6.35. The Kier molecular flexibility index (Phi) is 3.64. The summed E-state index contributed by atoms with van der Waals surface area (Å²) in [5.74, 6) is -0.409. The van der Waals surface area contributed by atoms with Gasteiger partial charge in [-0.2, -0.15) is 5.10 Å². The molecule has 0 saturated carbocycles. The molecule has 0 radical (unpaired) electrons. The molecule has 1 aromatic carbocycles. The number of rotatable bonds is 2. The smallest absolute Gasteiger partial charge is 0.402 e. The first-order valence-corrected chi connectivity index (χ1v) is 5.76. The molecular formula is C11H7Cl2F3N2O. The van der Waals surface area contributed by atoms with Gasteiger partial charge in [-0.3, -0.25) is 4.68 Å². The molecule has 0 saturated heterocycles. The van der Waals surface area contributed by atoms with Gasteiger partial charge in [0.1, 0.15) is 5.69 Å². The van der Waals surface area contributed by atoms with Crippen LogP contribution < -0.4 is 4.74 Å². The number of benzene rings is 1. The van der Waals surface area contributed by atoms with Gasteiger partial charge in [-0.25, -0.2) is 0 Å². The highest BCUT2D eigenvalue weighted by Gasteiger charge is 2.33. The van der Waals surface area contributed by atoms with Crippen molar-refractivity contribution < 1.29 is 17.9 Å². The second-order valence-corrected chi connectivity index (χ2v) is 4.59. The summed E-state index contributed by atoms with van der Waals surface area (Å²) in [6, 6.07) is 4.39. The molecule has 0 spiro atoms. The van der Waals surface area contributed by atoms with Crippen molar-refractivity contribution in [2.75, 3.05) is 0 Å². The Balaban J connectivity index is 2.49. The van der Waals surface area contributed by atoms with Crippen LogP contribution in [0.3, 0.4) is 0 Å². The van der Waals surface area contributed by atoms with Crippen molar-refractivity contribution in [3.8, 4) is 17.0 Å². The molecule has 3 nitrogen and oxygen atoms in total. The standard InChI is InChI=1S/C11H7Cl2F3N2O/c1-18-5-9(19-11(14,15)16)10(17-18)6-2-7(12)4-8(13)3-6/h2-5H,1H3. The van der Waals surface area contributed by atoms with Gasteiger partial charge in [0.15, 0.2) is 5.75 Å². The van der Waals surface area contributed by atoms with Crippen LogP contribution in [-0.4, -0.2) is 16.1 Å². The summed E-state index contributed by atoms with van der Waals surface area (Å²) in [6.45, 7) is 0. The second-order valence-electron chi connectivity index (χ2n) is 3.72. The van der Waals surface area contributed by atoms with Crippen molar-refractivity contribution in [1.82, 2.24) is 9.78 Å². The molecule has 8 heteroatoms. The quantitative estimate of drug-likeness (QED) is 0.827. The number of ether oxygens (including phenoxy) is 1. The molecule has 0 unspecified atom stereocenters. The predicted molar refractivity (Wildman–Crippen MR) is 65.3 cm³/mol. The van der Waals surface area contributed by atoms with Crippen LogP contribution in [0.1, 0.15) is 0 Å². The summed E-state index contributed by atoms with van der Waals surface area (Å²) in [7, 11) is 1.49. The maximum atomic E-state index is 12.3. The topological polar surface area (TPSA) is 27.1 Å². The molecule has 0 amide bonds. The summed E-state index contributed by atoms with van der Waals surface area (Å²) < 4.78 is 42.0. The Bertz CT molecular complexity index is 590. The normalized spacial score (nSPS) is 11.7. The van der Waals surface area contributed by atoms with Crippen LogP contribution in [0.5, 0.6) is 5.75 Å². The van der Waals surface area contributed by atoms with Crippen LogP contribution in [0.2, 0.25) is 10.0 Å². The number of alkyl halides is 3. The minimum Gasteiger partial charge on any atom is -0.402 e. The van der Waals surface area contributed by atoms with Gasteiger partial charge in [0.05, 0.1) is 6.20 Å². The molecule has 102 valence electrons. The number of aromatic nitrogens is 2. The molecular weight excluding hydrogens is 304 g/mol. The van der Waals surface area contributed by atoms with Gasteiger partial charge in [0, 0.05) is 22.7 Å². The third-order valence-corrected chi connectivity index (χ3v) is 2.59. The van der Waals surface area contributed by atoms with E-state index >= 15 is 0 Å². The number of hydrogen-bond acceptors (Lipinski definition) is 2. The van der Waals surface area contributed by atoms with Crippen LogP contribution in [0.25, 0.3) is 11.3 Å². The highest BCUT2D eigenvalue weighted by Crippen LogP contribution is 2.35. The van der Waals surface area contributed by atoms with E-state index in [0.717, 1.165) is 6.20 Å². The Morgan fingerprint density at radius 2 is 1.74 bits per heavy atom. The molecule has 1 heterocycles. The van der Waals surface area contributed by atoms with E-state index < -0.39 is 12.1 Å². The van der Waals surface area contributed by atoms with Crippen LogP contribution in [-0.2, 0) is 7.05 Å². The fourth-order valence-electron chi connectivity index (χ4n) is 1.56. The van der Waals surface area contributed by atoms with Crippen molar-refractivity contribution >= 4 is 23.2 Å². The monoisotopic (exact) mass is 310 g/mol. The summed E-state index contributed by atoms with van der Waals surface area (Å²) in [5, 5.41) is 4.52. The number of nitrogens with zero attached hydrogens (tertiary/aromatic N) is 2. The molecule has 0 aliphatic carbocycles. The SMILES string of the molecule is Cn1cc(OC(F)(F)F)c(-c2cc(Cl)cc(Cl)c2)n1. The van der Waals surface area contributed by atoms with E-state index in [1.807, 2.05) is 0 Å². The van der Waals surface area contributed by atoms with E-state index in [0.29, 0.717) is 15.6 Å². The molecule has 2 aromatic rings. The number of hydrogen-bond donors (Lipinski definition) is 0. The first kappa shape index (κ1) is 14.0. The van der Waals surface area contributed by atoms with Crippen LogP contribution in [0.4, 0.5) is 13.2 Å². The maximum Gasteiger partial charge on any atom is 0.573 e. The summed E-state index contributed by atoms with van der Waals surface area (Å²) in [4.78, 5) is 0. The van der Waals surface area contributed by atoms with E-state index in [1.54, 1.807) is 0 Å². The molecule has 19 heavy (non-hydrogen) atoms. The molecule has 0 atom stereocenters. The third-order valence-electron chi connectivity index (χ3n) is 2.16.